The molecule has 116 valence electrons. The van der Waals surface area contributed by atoms with E-state index >= 15 is 0 Å². The zero-order valence-corrected chi connectivity index (χ0v) is 14.3. The monoisotopic (exact) mass is 306 g/mol. The van der Waals surface area contributed by atoms with Gasteiger partial charge in [0.05, 0.1) is 11.9 Å². The first kappa shape index (κ1) is 16.0. The molecule has 2 N–H and O–H groups in total. The molecule has 5 heteroatoms. The molecule has 1 aliphatic rings. The average Bonchev–Trinajstić information content (AvgIpc) is 2.37. The number of anilines is 2. The molecule has 0 amide bonds. The second-order valence-corrected chi connectivity index (χ2v) is 7.34. The molecule has 0 unspecified atom stereocenters. The third-order valence-electron chi connectivity index (χ3n) is 3.48. The molecule has 0 aromatic carbocycles. The highest BCUT2D eigenvalue weighted by molar-refractivity contribution is 7.80. The largest absolute Gasteiger partial charge is 0.358 e. The smallest absolute Gasteiger partial charge is 0.171 e. The normalized spacial score (nSPS) is 19.2. The first-order valence-electron chi connectivity index (χ1n) is 7.64. The van der Waals surface area contributed by atoms with E-state index in [9.17, 15) is 0 Å². The van der Waals surface area contributed by atoms with E-state index in [-0.39, 0.29) is 5.54 Å². The maximum Gasteiger partial charge on any atom is 0.171 e. The van der Waals surface area contributed by atoms with Crippen molar-refractivity contribution in [1.29, 1.82) is 0 Å². The summed E-state index contributed by atoms with van der Waals surface area (Å²) in [5, 5.41) is 7.04. The van der Waals surface area contributed by atoms with Crippen molar-refractivity contribution in [2.24, 2.45) is 5.92 Å². The minimum Gasteiger partial charge on any atom is -0.358 e. The Morgan fingerprint density at radius 1 is 1.38 bits per heavy atom. The number of rotatable bonds is 2. The Bertz CT molecular complexity index is 478. The fourth-order valence-corrected chi connectivity index (χ4v) is 2.97. The zero-order valence-electron chi connectivity index (χ0n) is 13.4. The third-order valence-corrected chi connectivity index (χ3v) is 3.68. The maximum absolute atomic E-state index is 5.30. The van der Waals surface area contributed by atoms with Gasteiger partial charge in [0.2, 0.25) is 0 Å². The Kier molecular flexibility index (Phi) is 5.04. The second-order valence-electron chi connectivity index (χ2n) is 6.93. The first-order chi connectivity index (χ1) is 9.83. The Balaban J connectivity index is 1.94. The van der Waals surface area contributed by atoms with E-state index in [0.29, 0.717) is 5.11 Å². The summed E-state index contributed by atoms with van der Waals surface area (Å²) in [4.78, 5) is 6.93. The molecule has 1 saturated heterocycles. The number of hydrogen-bond acceptors (Lipinski definition) is 3. The lowest BCUT2D eigenvalue weighted by molar-refractivity contribution is 0.444. The van der Waals surface area contributed by atoms with Crippen LogP contribution >= 0.6 is 12.2 Å². The van der Waals surface area contributed by atoms with Gasteiger partial charge < -0.3 is 15.5 Å². The van der Waals surface area contributed by atoms with Crippen LogP contribution < -0.4 is 15.5 Å². The van der Waals surface area contributed by atoms with E-state index in [4.69, 9.17) is 12.2 Å². The average molecular weight is 306 g/mol. The van der Waals surface area contributed by atoms with Crippen molar-refractivity contribution in [3.8, 4) is 0 Å². The Hall–Kier alpha value is -1.36. The van der Waals surface area contributed by atoms with E-state index in [1.165, 1.54) is 12.8 Å². The van der Waals surface area contributed by atoms with Crippen molar-refractivity contribution in [3.63, 3.8) is 0 Å². The van der Waals surface area contributed by atoms with E-state index in [2.05, 4.69) is 54.3 Å². The number of hydrogen-bond donors (Lipinski definition) is 2. The Labute approximate surface area is 133 Å². The molecule has 0 radical (unpaired) electrons. The number of piperidine rings is 1. The summed E-state index contributed by atoms with van der Waals surface area (Å²) in [6.45, 7) is 10.8. The van der Waals surface area contributed by atoms with Crippen molar-refractivity contribution in [2.75, 3.05) is 23.3 Å². The van der Waals surface area contributed by atoms with Crippen molar-refractivity contribution in [3.05, 3.63) is 18.3 Å². The molecule has 1 aliphatic heterocycles. The summed E-state index contributed by atoms with van der Waals surface area (Å²) in [6, 6.07) is 4.11. The van der Waals surface area contributed by atoms with Gasteiger partial charge in [0, 0.05) is 18.6 Å². The lowest BCUT2D eigenvalue weighted by Crippen LogP contribution is -2.42. The van der Waals surface area contributed by atoms with Crippen LogP contribution in [0.5, 0.6) is 0 Å². The van der Waals surface area contributed by atoms with Gasteiger partial charge in [-0.3, -0.25) is 0 Å². The van der Waals surface area contributed by atoms with Crippen LogP contribution in [0.25, 0.3) is 0 Å². The van der Waals surface area contributed by atoms with Crippen LogP contribution in [-0.2, 0) is 0 Å². The van der Waals surface area contributed by atoms with Gasteiger partial charge in [-0.1, -0.05) is 6.92 Å². The van der Waals surface area contributed by atoms with E-state index < -0.39 is 0 Å². The van der Waals surface area contributed by atoms with Gasteiger partial charge >= 0.3 is 0 Å². The maximum atomic E-state index is 5.30. The molecule has 1 aromatic rings. The number of pyridine rings is 1. The molecule has 2 heterocycles. The molecular formula is C16H26N4S. The van der Waals surface area contributed by atoms with Crippen LogP contribution in [0.4, 0.5) is 11.5 Å². The molecule has 1 aromatic heterocycles. The Morgan fingerprint density at radius 2 is 2.14 bits per heavy atom. The number of nitrogens with one attached hydrogen (secondary N) is 2. The lowest BCUT2D eigenvalue weighted by Gasteiger charge is -2.31. The number of nitrogens with zero attached hydrogens (tertiary/aromatic N) is 2. The van der Waals surface area contributed by atoms with E-state index in [0.717, 1.165) is 30.5 Å². The molecular weight excluding hydrogens is 280 g/mol. The van der Waals surface area contributed by atoms with Crippen LogP contribution in [-0.4, -0.2) is 28.7 Å². The highest BCUT2D eigenvalue weighted by Crippen LogP contribution is 2.22. The third kappa shape index (κ3) is 5.16. The van der Waals surface area contributed by atoms with Crippen molar-refractivity contribution in [1.82, 2.24) is 10.3 Å². The molecule has 1 fully saturated rings. The van der Waals surface area contributed by atoms with Gasteiger partial charge in [-0.25, -0.2) is 4.98 Å². The van der Waals surface area contributed by atoms with Crippen molar-refractivity contribution < 1.29 is 0 Å². The lowest BCUT2D eigenvalue weighted by atomic mass is 10.0. The van der Waals surface area contributed by atoms with Crippen molar-refractivity contribution in [2.45, 2.75) is 46.1 Å². The molecule has 1 atom stereocenters. The molecule has 4 nitrogen and oxygen atoms in total. The topological polar surface area (TPSA) is 40.2 Å². The molecule has 0 bridgehead atoms. The number of thiocarbonyl (C=S) groups is 1. The van der Waals surface area contributed by atoms with E-state index in [1.54, 1.807) is 0 Å². The molecule has 2 rings (SSSR count). The fourth-order valence-electron chi connectivity index (χ4n) is 2.55. The van der Waals surface area contributed by atoms with Crippen LogP contribution in [0.1, 0.15) is 40.5 Å². The van der Waals surface area contributed by atoms with Gasteiger partial charge in [-0.15, -0.1) is 0 Å². The molecule has 21 heavy (non-hydrogen) atoms. The summed E-state index contributed by atoms with van der Waals surface area (Å²) in [7, 11) is 0. The SMILES string of the molecule is C[C@@H]1CCCN(c2ccc(NC(=S)NC(C)(C)C)cn2)C1. The van der Waals surface area contributed by atoms with Crippen LogP contribution in [0, 0.1) is 5.92 Å². The molecule has 0 saturated carbocycles. The minimum absolute atomic E-state index is 0.0403. The summed E-state index contributed by atoms with van der Waals surface area (Å²) >= 11 is 5.30. The standard InChI is InChI=1S/C16H26N4S/c1-12-6-5-9-20(11-12)14-8-7-13(10-17-14)18-15(21)19-16(2,3)4/h7-8,10,12H,5-6,9,11H2,1-4H3,(H2,18,19,21)/t12-/m1/s1. The van der Waals surface area contributed by atoms with Gasteiger partial charge in [-0.05, 0) is 63.9 Å². The van der Waals surface area contributed by atoms with E-state index in [1.807, 2.05) is 12.3 Å². The van der Waals surface area contributed by atoms with Crippen molar-refractivity contribution >= 4 is 28.8 Å². The summed E-state index contributed by atoms with van der Waals surface area (Å²) in [6.07, 6.45) is 4.43. The highest BCUT2D eigenvalue weighted by Gasteiger charge is 2.17. The van der Waals surface area contributed by atoms with Gasteiger partial charge in [0.15, 0.2) is 5.11 Å². The first-order valence-corrected chi connectivity index (χ1v) is 8.04. The quantitative estimate of drug-likeness (QED) is 0.820. The minimum atomic E-state index is -0.0403. The van der Waals surface area contributed by atoms with Gasteiger partial charge in [-0.2, -0.15) is 0 Å². The van der Waals surface area contributed by atoms with Gasteiger partial charge in [0.25, 0.3) is 0 Å². The zero-order chi connectivity index (χ0) is 15.5. The summed E-state index contributed by atoms with van der Waals surface area (Å²) in [5.74, 6) is 1.81. The van der Waals surface area contributed by atoms with Crippen LogP contribution in [0.3, 0.4) is 0 Å². The van der Waals surface area contributed by atoms with Crippen LogP contribution in [0.15, 0.2) is 18.3 Å². The summed E-state index contributed by atoms with van der Waals surface area (Å²) < 4.78 is 0. The molecule has 0 aliphatic carbocycles. The summed E-state index contributed by atoms with van der Waals surface area (Å²) in [5.41, 5.74) is 0.882. The van der Waals surface area contributed by atoms with Gasteiger partial charge in [0.1, 0.15) is 5.82 Å². The molecule has 0 spiro atoms. The number of aromatic nitrogens is 1. The highest BCUT2D eigenvalue weighted by atomic mass is 32.1. The predicted molar refractivity (Wildman–Crippen MR) is 94.0 cm³/mol. The van der Waals surface area contributed by atoms with Crippen LogP contribution in [0.2, 0.25) is 0 Å². The fraction of sp³-hybridized carbons (Fsp3) is 0.625. The predicted octanol–water partition coefficient (Wildman–Crippen LogP) is 3.40. The second kappa shape index (κ2) is 6.60. The Morgan fingerprint density at radius 3 is 2.71 bits per heavy atom.